The summed E-state index contributed by atoms with van der Waals surface area (Å²) in [6, 6.07) is 0. The van der Waals surface area contributed by atoms with Gasteiger partial charge in [0.25, 0.3) is 0 Å². The molecule has 13 heavy (non-hydrogen) atoms. The van der Waals surface area contributed by atoms with Gasteiger partial charge in [0.05, 0.1) is 6.61 Å². The van der Waals surface area contributed by atoms with Crippen molar-refractivity contribution in [2.24, 2.45) is 5.73 Å². The van der Waals surface area contributed by atoms with Crippen molar-refractivity contribution >= 4 is 0 Å². The molecule has 1 saturated heterocycles. The van der Waals surface area contributed by atoms with Gasteiger partial charge in [-0.1, -0.05) is 0 Å². The zero-order valence-electron chi connectivity index (χ0n) is 7.29. The molecule has 1 aliphatic rings. The molecule has 0 radical (unpaired) electrons. The molecule has 78 valence electrons. The summed E-state index contributed by atoms with van der Waals surface area (Å²) in [5, 5.41) is 36.7. The van der Waals surface area contributed by atoms with Gasteiger partial charge < -0.3 is 30.9 Å². The average molecular weight is 193 g/mol. The van der Waals surface area contributed by atoms with Crippen LogP contribution in [0.5, 0.6) is 0 Å². The van der Waals surface area contributed by atoms with Crippen LogP contribution in [-0.2, 0) is 4.74 Å². The minimum absolute atomic E-state index is 0.461. The highest BCUT2D eigenvalue weighted by Gasteiger charge is 2.48. The van der Waals surface area contributed by atoms with Crippen molar-refractivity contribution in [2.75, 3.05) is 6.61 Å². The quantitative estimate of drug-likeness (QED) is 0.306. The first-order valence-corrected chi connectivity index (χ1v) is 4.02. The van der Waals surface area contributed by atoms with Crippen molar-refractivity contribution in [3.63, 3.8) is 0 Å². The van der Waals surface area contributed by atoms with E-state index in [0.29, 0.717) is 0 Å². The van der Waals surface area contributed by atoms with Crippen LogP contribution in [-0.4, -0.2) is 57.2 Å². The van der Waals surface area contributed by atoms with Crippen LogP contribution < -0.4 is 5.73 Å². The second kappa shape index (κ2) is 3.49. The maximum Gasteiger partial charge on any atom is 0.143 e. The Morgan fingerprint density at radius 1 is 1.31 bits per heavy atom. The van der Waals surface area contributed by atoms with Crippen LogP contribution in [0.1, 0.15) is 6.92 Å². The second-order valence-electron chi connectivity index (χ2n) is 3.45. The molecule has 6 nitrogen and oxygen atoms in total. The molecule has 0 aliphatic carbocycles. The third-order valence-corrected chi connectivity index (χ3v) is 2.23. The molecule has 1 fully saturated rings. The minimum atomic E-state index is -1.45. The summed E-state index contributed by atoms with van der Waals surface area (Å²) in [6.07, 6.45) is -5.06. The van der Waals surface area contributed by atoms with Gasteiger partial charge in [0.2, 0.25) is 0 Å². The molecule has 0 spiro atoms. The summed E-state index contributed by atoms with van der Waals surface area (Å²) in [6.45, 7) is 0.910. The number of rotatable bonds is 1. The van der Waals surface area contributed by atoms with Crippen LogP contribution in [0.2, 0.25) is 0 Å². The third-order valence-electron chi connectivity index (χ3n) is 2.23. The molecule has 0 aromatic rings. The van der Waals surface area contributed by atoms with Gasteiger partial charge in [-0.05, 0) is 6.92 Å². The number of hydrogen-bond acceptors (Lipinski definition) is 6. The molecular formula is C7H15NO5. The number of aliphatic hydroxyl groups excluding tert-OH is 4. The lowest BCUT2D eigenvalue weighted by Crippen LogP contribution is -2.67. The lowest BCUT2D eigenvalue weighted by molar-refractivity contribution is -0.266. The van der Waals surface area contributed by atoms with E-state index in [2.05, 4.69) is 0 Å². The van der Waals surface area contributed by atoms with Gasteiger partial charge in [0.15, 0.2) is 0 Å². The molecule has 0 amide bonds. The van der Waals surface area contributed by atoms with E-state index < -0.39 is 36.7 Å². The van der Waals surface area contributed by atoms with Crippen LogP contribution in [0.25, 0.3) is 0 Å². The first-order valence-electron chi connectivity index (χ1n) is 4.02. The predicted molar refractivity (Wildman–Crippen MR) is 42.6 cm³/mol. The molecule has 6 N–H and O–H groups in total. The van der Waals surface area contributed by atoms with Gasteiger partial charge in [-0.25, -0.2) is 0 Å². The largest absolute Gasteiger partial charge is 0.394 e. The number of nitrogens with two attached hydrogens (primary N) is 1. The Balaban J connectivity index is 2.79. The van der Waals surface area contributed by atoms with Crippen LogP contribution in [0.4, 0.5) is 0 Å². The Morgan fingerprint density at radius 3 is 2.31 bits per heavy atom. The zero-order valence-corrected chi connectivity index (χ0v) is 7.29. The fraction of sp³-hybridized carbons (Fsp3) is 1.00. The molecule has 5 atom stereocenters. The Morgan fingerprint density at radius 2 is 1.85 bits per heavy atom. The van der Waals surface area contributed by atoms with E-state index >= 15 is 0 Å². The first-order chi connectivity index (χ1) is 5.90. The number of ether oxygens (including phenoxy) is 1. The van der Waals surface area contributed by atoms with E-state index in [1.807, 2.05) is 0 Å². The van der Waals surface area contributed by atoms with Gasteiger partial charge in [-0.15, -0.1) is 0 Å². The Labute approximate surface area is 75.6 Å². The van der Waals surface area contributed by atoms with E-state index in [9.17, 15) is 15.3 Å². The molecular weight excluding hydrogens is 178 g/mol. The van der Waals surface area contributed by atoms with Gasteiger partial charge in [0, 0.05) is 0 Å². The highest BCUT2D eigenvalue weighted by atomic mass is 16.6. The van der Waals surface area contributed by atoms with Gasteiger partial charge >= 0.3 is 0 Å². The average Bonchev–Trinajstić information content (AvgIpc) is 2.08. The normalized spacial score (nSPS) is 52.2. The molecule has 1 heterocycles. The summed E-state index contributed by atoms with van der Waals surface area (Å²) in [4.78, 5) is 0. The molecule has 1 unspecified atom stereocenters. The summed E-state index contributed by atoms with van der Waals surface area (Å²) in [5.74, 6) is 0. The molecule has 1 rings (SSSR count). The topological polar surface area (TPSA) is 116 Å². The Hall–Kier alpha value is -0.240. The van der Waals surface area contributed by atoms with Gasteiger partial charge in [-0.2, -0.15) is 0 Å². The van der Waals surface area contributed by atoms with Gasteiger partial charge in [0.1, 0.15) is 30.1 Å². The van der Waals surface area contributed by atoms with Gasteiger partial charge in [-0.3, -0.25) is 0 Å². The van der Waals surface area contributed by atoms with Crippen molar-refractivity contribution in [2.45, 2.75) is 37.1 Å². The van der Waals surface area contributed by atoms with Crippen LogP contribution in [0, 0.1) is 0 Å². The maximum absolute atomic E-state index is 9.35. The Kier molecular flexibility index (Phi) is 2.91. The highest BCUT2D eigenvalue weighted by molar-refractivity contribution is 4.96. The zero-order chi connectivity index (χ0) is 10.2. The summed E-state index contributed by atoms with van der Waals surface area (Å²) < 4.78 is 4.99. The van der Waals surface area contributed by atoms with Crippen molar-refractivity contribution < 1.29 is 25.2 Å². The lowest BCUT2D eigenvalue weighted by Gasteiger charge is -2.44. The molecule has 0 bridgehead atoms. The van der Waals surface area contributed by atoms with E-state index in [1.165, 1.54) is 6.92 Å². The van der Waals surface area contributed by atoms with E-state index in [-0.39, 0.29) is 0 Å². The lowest BCUT2D eigenvalue weighted by atomic mass is 9.92. The molecule has 0 aromatic carbocycles. The summed E-state index contributed by atoms with van der Waals surface area (Å²) in [7, 11) is 0. The monoisotopic (exact) mass is 193 g/mol. The maximum atomic E-state index is 9.35. The van der Waals surface area contributed by atoms with E-state index in [0.717, 1.165) is 0 Å². The SMILES string of the molecule is CC1(N)O[C@H](CO)[C@@H](O)[C@H](O)[C@H]1O. The van der Waals surface area contributed by atoms with Crippen LogP contribution in [0.3, 0.4) is 0 Å². The van der Waals surface area contributed by atoms with Crippen LogP contribution in [0.15, 0.2) is 0 Å². The molecule has 1 aliphatic heterocycles. The predicted octanol–water partition coefficient (Wildman–Crippen LogP) is -2.86. The van der Waals surface area contributed by atoms with Crippen molar-refractivity contribution in [1.82, 2.24) is 0 Å². The third kappa shape index (κ3) is 1.83. The van der Waals surface area contributed by atoms with Crippen molar-refractivity contribution in [1.29, 1.82) is 0 Å². The molecule has 0 saturated carbocycles. The highest BCUT2D eigenvalue weighted by Crippen LogP contribution is 2.25. The summed E-state index contributed by atoms with van der Waals surface area (Å²) >= 11 is 0. The number of hydrogen-bond donors (Lipinski definition) is 5. The summed E-state index contributed by atoms with van der Waals surface area (Å²) in [5.41, 5.74) is 4.03. The fourth-order valence-electron chi connectivity index (χ4n) is 1.36. The van der Waals surface area contributed by atoms with E-state index in [1.54, 1.807) is 0 Å². The molecule has 6 heteroatoms. The molecule has 0 aromatic heterocycles. The second-order valence-corrected chi connectivity index (χ2v) is 3.45. The Bertz CT molecular complexity index is 184. The van der Waals surface area contributed by atoms with Crippen molar-refractivity contribution in [3.05, 3.63) is 0 Å². The van der Waals surface area contributed by atoms with E-state index in [4.69, 9.17) is 15.6 Å². The smallest absolute Gasteiger partial charge is 0.143 e. The standard InChI is InChI=1S/C7H15NO5/c1-7(8)6(12)5(11)4(10)3(2-9)13-7/h3-6,9-12H,2,8H2,1H3/t3-,4-,5+,6-,7?/m1/s1. The number of aliphatic hydroxyl groups is 4. The first kappa shape index (κ1) is 10.8. The fourth-order valence-corrected chi connectivity index (χ4v) is 1.36. The minimum Gasteiger partial charge on any atom is -0.394 e. The van der Waals surface area contributed by atoms with Crippen LogP contribution >= 0.6 is 0 Å². The van der Waals surface area contributed by atoms with Crippen molar-refractivity contribution in [3.8, 4) is 0 Å².